The van der Waals surface area contributed by atoms with Gasteiger partial charge < -0.3 is 9.73 Å². The second-order valence-corrected chi connectivity index (χ2v) is 5.44. The van der Waals surface area contributed by atoms with Crippen LogP contribution in [0.3, 0.4) is 0 Å². The summed E-state index contributed by atoms with van der Waals surface area (Å²) in [5.74, 6) is -0.505. The average molecular weight is 307 g/mol. The van der Waals surface area contributed by atoms with Gasteiger partial charge in [0.25, 0.3) is 11.1 Å². The lowest BCUT2D eigenvalue weighted by Gasteiger charge is -2.07. The fourth-order valence-electron chi connectivity index (χ4n) is 1.52. The summed E-state index contributed by atoms with van der Waals surface area (Å²) in [6.07, 6.45) is 1.60. The third kappa shape index (κ3) is 3.91. The van der Waals surface area contributed by atoms with Gasteiger partial charge in [-0.15, -0.1) is 16.8 Å². The van der Waals surface area contributed by atoms with E-state index in [1.54, 1.807) is 31.2 Å². The number of hydrogen-bond acceptors (Lipinski definition) is 5. The molecule has 110 valence electrons. The van der Waals surface area contributed by atoms with Gasteiger partial charge in [0.05, 0.1) is 10.8 Å². The predicted octanol–water partition coefficient (Wildman–Crippen LogP) is 2.66. The van der Waals surface area contributed by atoms with Crippen molar-refractivity contribution in [2.24, 2.45) is 0 Å². The summed E-state index contributed by atoms with van der Waals surface area (Å²) < 4.78 is 19.0. The van der Waals surface area contributed by atoms with E-state index >= 15 is 0 Å². The summed E-state index contributed by atoms with van der Waals surface area (Å²) in [7, 11) is 0. The Labute approximate surface area is 125 Å². The minimum absolute atomic E-state index is 0.0919. The molecular weight excluding hydrogens is 293 g/mol. The molecule has 0 bridgehead atoms. The summed E-state index contributed by atoms with van der Waals surface area (Å²) >= 11 is 1.11. The zero-order valence-corrected chi connectivity index (χ0v) is 12.2. The number of amides is 1. The molecule has 5 nitrogen and oxygen atoms in total. The molecule has 0 saturated heterocycles. The SMILES string of the molecule is C=CCNC(=O)[C@H](C)Sc1nnc(-c2ccccc2F)o1. The molecule has 0 spiro atoms. The number of carbonyl (C=O) groups is 1. The number of nitrogens with one attached hydrogen (secondary N) is 1. The molecule has 2 rings (SSSR count). The van der Waals surface area contributed by atoms with Crippen molar-refractivity contribution in [2.45, 2.75) is 17.4 Å². The van der Waals surface area contributed by atoms with E-state index in [0.29, 0.717) is 6.54 Å². The second-order valence-electron chi connectivity index (χ2n) is 4.15. The average Bonchev–Trinajstić information content (AvgIpc) is 2.93. The Morgan fingerprint density at radius 2 is 2.29 bits per heavy atom. The number of hydrogen-bond donors (Lipinski definition) is 1. The van der Waals surface area contributed by atoms with Gasteiger partial charge in [-0.05, 0) is 19.1 Å². The second kappa shape index (κ2) is 7.03. The highest BCUT2D eigenvalue weighted by molar-refractivity contribution is 8.00. The fraction of sp³-hybridized carbons (Fsp3) is 0.214. The van der Waals surface area contributed by atoms with Gasteiger partial charge in [0, 0.05) is 6.54 Å². The van der Waals surface area contributed by atoms with Gasteiger partial charge in [-0.1, -0.05) is 30.0 Å². The Morgan fingerprint density at radius 1 is 1.52 bits per heavy atom. The first kappa shape index (κ1) is 15.2. The van der Waals surface area contributed by atoms with E-state index in [-0.39, 0.29) is 22.6 Å². The number of rotatable bonds is 6. The molecule has 0 aliphatic rings. The van der Waals surface area contributed by atoms with Gasteiger partial charge in [-0.3, -0.25) is 4.79 Å². The summed E-state index contributed by atoms with van der Waals surface area (Å²) in [6, 6.07) is 6.13. The predicted molar refractivity (Wildman–Crippen MR) is 78.2 cm³/mol. The quantitative estimate of drug-likeness (QED) is 0.656. The molecule has 1 N–H and O–H groups in total. The third-order valence-electron chi connectivity index (χ3n) is 2.58. The lowest BCUT2D eigenvalue weighted by molar-refractivity contribution is -0.120. The molecule has 0 aliphatic carbocycles. The molecule has 0 aliphatic heterocycles. The first-order valence-corrected chi connectivity index (χ1v) is 7.13. The van der Waals surface area contributed by atoms with E-state index < -0.39 is 11.1 Å². The van der Waals surface area contributed by atoms with Gasteiger partial charge in [-0.25, -0.2) is 4.39 Å². The van der Waals surface area contributed by atoms with Crippen LogP contribution in [-0.4, -0.2) is 27.9 Å². The molecule has 1 aromatic carbocycles. The molecule has 1 atom stereocenters. The van der Waals surface area contributed by atoms with E-state index in [4.69, 9.17) is 4.42 Å². The number of halogens is 1. The lowest BCUT2D eigenvalue weighted by atomic mass is 10.2. The molecule has 0 fully saturated rings. The van der Waals surface area contributed by atoms with Gasteiger partial charge in [0.2, 0.25) is 5.91 Å². The van der Waals surface area contributed by atoms with Gasteiger partial charge in [0.1, 0.15) is 5.82 Å². The Kier molecular flexibility index (Phi) is 5.10. The van der Waals surface area contributed by atoms with E-state index in [0.717, 1.165) is 11.8 Å². The summed E-state index contributed by atoms with van der Waals surface area (Å²) in [6.45, 7) is 5.64. The molecule has 1 heterocycles. The van der Waals surface area contributed by atoms with E-state index in [1.807, 2.05) is 0 Å². The van der Waals surface area contributed by atoms with Crippen molar-refractivity contribution in [3.8, 4) is 11.5 Å². The van der Waals surface area contributed by atoms with Crippen molar-refractivity contribution >= 4 is 17.7 Å². The summed E-state index contributed by atoms with van der Waals surface area (Å²) in [5, 5.41) is 10.1. The van der Waals surface area contributed by atoms with Crippen molar-refractivity contribution in [3.05, 3.63) is 42.7 Å². The number of thioether (sulfide) groups is 1. The van der Waals surface area contributed by atoms with Crippen molar-refractivity contribution in [3.63, 3.8) is 0 Å². The zero-order chi connectivity index (χ0) is 15.2. The van der Waals surface area contributed by atoms with Crippen LogP contribution >= 0.6 is 11.8 Å². The Balaban J connectivity index is 2.05. The molecular formula is C14H14FN3O2S. The highest BCUT2D eigenvalue weighted by Gasteiger charge is 2.19. The molecule has 7 heteroatoms. The highest BCUT2D eigenvalue weighted by Crippen LogP contribution is 2.27. The molecule has 0 radical (unpaired) electrons. The van der Waals surface area contributed by atoms with E-state index in [1.165, 1.54) is 6.07 Å². The van der Waals surface area contributed by atoms with E-state index in [9.17, 15) is 9.18 Å². The Morgan fingerprint density at radius 3 is 3.00 bits per heavy atom. The van der Waals surface area contributed by atoms with Crippen molar-refractivity contribution in [2.75, 3.05) is 6.54 Å². The van der Waals surface area contributed by atoms with E-state index in [2.05, 4.69) is 22.1 Å². The van der Waals surface area contributed by atoms with Crippen LogP contribution in [-0.2, 0) is 4.79 Å². The highest BCUT2D eigenvalue weighted by atomic mass is 32.2. The van der Waals surface area contributed by atoms with Crippen molar-refractivity contribution in [1.82, 2.24) is 15.5 Å². The maximum absolute atomic E-state index is 13.6. The molecule has 2 aromatic rings. The Bertz CT molecular complexity index is 645. The molecule has 21 heavy (non-hydrogen) atoms. The maximum atomic E-state index is 13.6. The summed E-state index contributed by atoms with van der Waals surface area (Å²) in [4.78, 5) is 11.7. The van der Waals surface area contributed by atoms with Gasteiger partial charge in [0.15, 0.2) is 0 Å². The molecule has 0 saturated carbocycles. The van der Waals surface area contributed by atoms with Crippen LogP contribution in [0.1, 0.15) is 6.92 Å². The number of carbonyl (C=O) groups excluding carboxylic acids is 1. The lowest BCUT2D eigenvalue weighted by Crippen LogP contribution is -2.30. The van der Waals surface area contributed by atoms with Crippen LogP contribution < -0.4 is 5.32 Å². The fourth-order valence-corrected chi connectivity index (χ4v) is 2.23. The van der Waals surface area contributed by atoms with Crippen LogP contribution in [0.5, 0.6) is 0 Å². The van der Waals surface area contributed by atoms with Crippen LogP contribution in [0.2, 0.25) is 0 Å². The van der Waals surface area contributed by atoms with Crippen LogP contribution in [0.4, 0.5) is 4.39 Å². The summed E-state index contributed by atoms with van der Waals surface area (Å²) in [5.41, 5.74) is 0.237. The molecule has 1 aromatic heterocycles. The molecule has 0 unspecified atom stereocenters. The first-order valence-electron chi connectivity index (χ1n) is 6.25. The monoisotopic (exact) mass is 307 g/mol. The standard InChI is InChI=1S/C14H14FN3O2S/c1-3-8-16-12(19)9(2)21-14-18-17-13(20-14)10-6-4-5-7-11(10)15/h3-7,9H,1,8H2,2H3,(H,16,19)/t9-/m0/s1. The van der Waals surface area contributed by atoms with Gasteiger partial charge >= 0.3 is 0 Å². The normalized spacial score (nSPS) is 11.9. The number of nitrogens with zero attached hydrogens (tertiary/aromatic N) is 2. The third-order valence-corrected chi connectivity index (χ3v) is 3.51. The minimum Gasteiger partial charge on any atom is -0.411 e. The Hall–Kier alpha value is -2.15. The number of aromatic nitrogens is 2. The van der Waals surface area contributed by atoms with Crippen molar-refractivity contribution < 1.29 is 13.6 Å². The number of benzene rings is 1. The zero-order valence-electron chi connectivity index (χ0n) is 11.4. The smallest absolute Gasteiger partial charge is 0.277 e. The van der Waals surface area contributed by atoms with Crippen LogP contribution in [0, 0.1) is 5.82 Å². The van der Waals surface area contributed by atoms with Crippen LogP contribution in [0.25, 0.3) is 11.5 Å². The van der Waals surface area contributed by atoms with Crippen molar-refractivity contribution in [1.29, 1.82) is 0 Å². The minimum atomic E-state index is -0.436. The topological polar surface area (TPSA) is 68.0 Å². The van der Waals surface area contributed by atoms with Crippen LogP contribution in [0.15, 0.2) is 46.6 Å². The van der Waals surface area contributed by atoms with Gasteiger partial charge in [-0.2, -0.15) is 0 Å². The largest absolute Gasteiger partial charge is 0.411 e. The maximum Gasteiger partial charge on any atom is 0.277 e. The first-order chi connectivity index (χ1) is 10.1. The molecule has 1 amide bonds.